The highest BCUT2D eigenvalue weighted by atomic mass is 127. The molecule has 1 saturated carbocycles. The Hall–Kier alpha value is -0.780. The molecule has 0 bridgehead atoms. The molecule has 3 nitrogen and oxygen atoms in total. The van der Waals surface area contributed by atoms with Crippen LogP contribution in [0.15, 0.2) is 24.3 Å². The van der Waals surface area contributed by atoms with Crippen molar-refractivity contribution in [3.8, 4) is 0 Å². The lowest BCUT2D eigenvalue weighted by Gasteiger charge is -2.18. The Morgan fingerprint density at radius 1 is 1.28 bits per heavy atom. The number of benzene rings is 1. The van der Waals surface area contributed by atoms with Gasteiger partial charge in [-0.2, -0.15) is 0 Å². The first-order valence-corrected chi connectivity index (χ1v) is 7.55. The predicted octanol–water partition coefficient (Wildman–Crippen LogP) is 3.15. The molecule has 1 aromatic rings. The van der Waals surface area contributed by atoms with E-state index in [1.807, 2.05) is 31.2 Å². The van der Waals surface area contributed by atoms with Crippen molar-refractivity contribution in [1.82, 2.24) is 5.32 Å². The largest absolute Gasteiger partial charge is 0.374 e. The van der Waals surface area contributed by atoms with E-state index in [2.05, 4.69) is 33.2 Å². The van der Waals surface area contributed by atoms with E-state index in [4.69, 9.17) is 0 Å². The second-order valence-electron chi connectivity index (χ2n) is 4.86. The van der Waals surface area contributed by atoms with Gasteiger partial charge in [-0.15, -0.1) is 0 Å². The fourth-order valence-electron chi connectivity index (χ4n) is 2.26. The monoisotopic (exact) mass is 358 g/mol. The lowest BCUT2D eigenvalue weighted by atomic mass is 10.2. The zero-order valence-corrected chi connectivity index (χ0v) is 12.7. The lowest BCUT2D eigenvalue weighted by Crippen LogP contribution is -2.42. The maximum absolute atomic E-state index is 12.0. The number of nitrogens with one attached hydrogen (secondary N) is 2. The summed E-state index contributed by atoms with van der Waals surface area (Å²) in [5.41, 5.74) is 0.990. The molecule has 4 heteroatoms. The lowest BCUT2D eigenvalue weighted by molar-refractivity contribution is -0.122. The highest BCUT2D eigenvalue weighted by molar-refractivity contribution is 14.1. The van der Waals surface area contributed by atoms with Gasteiger partial charge < -0.3 is 10.6 Å². The van der Waals surface area contributed by atoms with Crippen molar-refractivity contribution in [2.24, 2.45) is 0 Å². The maximum atomic E-state index is 12.0. The molecule has 0 aliphatic heterocycles. The number of carbonyl (C=O) groups excluding carboxylic acids is 1. The van der Waals surface area contributed by atoms with E-state index >= 15 is 0 Å². The molecule has 0 aromatic heterocycles. The third-order valence-corrected chi connectivity index (χ3v) is 4.04. The SMILES string of the molecule is CC(Nc1ccc(I)cc1)C(=O)NC1CCCC1. The molecule has 0 heterocycles. The van der Waals surface area contributed by atoms with Gasteiger partial charge >= 0.3 is 0 Å². The Kier molecular flexibility index (Phi) is 4.86. The smallest absolute Gasteiger partial charge is 0.242 e. The van der Waals surface area contributed by atoms with Crippen LogP contribution in [0.5, 0.6) is 0 Å². The number of amides is 1. The Morgan fingerprint density at radius 3 is 2.50 bits per heavy atom. The van der Waals surface area contributed by atoms with Crippen molar-refractivity contribution in [2.45, 2.75) is 44.7 Å². The molecule has 18 heavy (non-hydrogen) atoms. The molecule has 2 rings (SSSR count). The summed E-state index contributed by atoms with van der Waals surface area (Å²) in [6.07, 6.45) is 4.73. The van der Waals surface area contributed by atoms with E-state index in [1.165, 1.54) is 16.4 Å². The number of rotatable bonds is 4. The highest BCUT2D eigenvalue weighted by Crippen LogP contribution is 2.18. The van der Waals surface area contributed by atoms with Gasteiger partial charge in [0.15, 0.2) is 0 Å². The minimum atomic E-state index is -0.189. The molecular weight excluding hydrogens is 339 g/mol. The van der Waals surface area contributed by atoms with Crippen LogP contribution in [0.3, 0.4) is 0 Å². The van der Waals surface area contributed by atoms with Gasteiger partial charge in [-0.1, -0.05) is 12.8 Å². The Morgan fingerprint density at radius 2 is 1.89 bits per heavy atom. The van der Waals surface area contributed by atoms with Gasteiger partial charge in [0.05, 0.1) is 0 Å². The summed E-state index contributed by atoms with van der Waals surface area (Å²) in [4.78, 5) is 12.0. The number of halogens is 1. The van der Waals surface area contributed by atoms with Crippen LogP contribution in [-0.4, -0.2) is 18.0 Å². The highest BCUT2D eigenvalue weighted by Gasteiger charge is 2.20. The number of carbonyl (C=O) groups is 1. The number of hydrogen-bond donors (Lipinski definition) is 2. The quantitative estimate of drug-likeness (QED) is 0.812. The molecule has 98 valence electrons. The van der Waals surface area contributed by atoms with Gasteiger partial charge in [0.1, 0.15) is 6.04 Å². The molecule has 1 unspecified atom stereocenters. The summed E-state index contributed by atoms with van der Waals surface area (Å²) >= 11 is 2.27. The molecular formula is C14H19IN2O. The van der Waals surface area contributed by atoms with Crippen molar-refractivity contribution in [1.29, 1.82) is 0 Å². The molecule has 0 spiro atoms. The van der Waals surface area contributed by atoms with Crippen molar-refractivity contribution in [3.05, 3.63) is 27.8 Å². The second kappa shape index (κ2) is 6.41. The molecule has 0 radical (unpaired) electrons. The maximum Gasteiger partial charge on any atom is 0.242 e. The molecule has 0 saturated heterocycles. The molecule has 1 aromatic carbocycles. The number of hydrogen-bond acceptors (Lipinski definition) is 2. The minimum absolute atomic E-state index is 0.0976. The Balaban J connectivity index is 1.84. The van der Waals surface area contributed by atoms with Gasteiger partial charge in [0.25, 0.3) is 0 Å². The van der Waals surface area contributed by atoms with Crippen molar-refractivity contribution in [2.75, 3.05) is 5.32 Å². The normalized spacial score (nSPS) is 17.4. The van der Waals surface area contributed by atoms with Gasteiger partial charge in [0.2, 0.25) is 5.91 Å². The molecule has 1 aliphatic rings. The summed E-state index contributed by atoms with van der Waals surface area (Å²) in [5, 5.41) is 6.33. The Bertz CT molecular complexity index is 399. The topological polar surface area (TPSA) is 41.1 Å². The first kappa shape index (κ1) is 13.6. The summed E-state index contributed by atoms with van der Waals surface area (Å²) in [6, 6.07) is 8.26. The van der Waals surface area contributed by atoms with E-state index in [0.717, 1.165) is 18.5 Å². The third kappa shape index (κ3) is 3.86. The van der Waals surface area contributed by atoms with Crippen molar-refractivity contribution >= 4 is 34.2 Å². The van der Waals surface area contributed by atoms with Crippen LogP contribution in [0.1, 0.15) is 32.6 Å². The first-order chi connectivity index (χ1) is 8.65. The Labute approximate surface area is 122 Å². The zero-order valence-electron chi connectivity index (χ0n) is 10.6. The molecule has 2 N–H and O–H groups in total. The van der Waals surface area contributed by atoms with E-state index in [-0.39, 0.29) is 11.9 Å². The molecule has 1 aliphatic carbocycles. The summed E-state index contributed by atoms with van der Waals surface area (Å²) in [6.45, 7) is 1.91. The average Bonchev–Trinajstić information content (AvgIpc) is 2.85. The molecule has 1 atom stereocenters. The van der Waals surface area contributed by atoms with Gasteiger partial charge in [0, 0.05) is 15.3 Å². The predicted molar refractivity (Wildman–Crippen MR) is 82.6 cm³/mol. The summed E-state index contributed by atoms with van der Waals surface area (Å²) in [5.74, 6) is 0.0976. The van der Waals surface area contributed by atoms with Crippen molar-refractivity contribution in [3.63, 3.8) is 0 Å². The second-order valence-corrected chi connectivity index (χ2v) is 6.11. The van der Waals surface area contributed by atoms with E-state index in [9.17, 15) is 4.79 Å². The zero-order chi connectivity index (χ0) is 13.0. The third-order valence-electron chi connectivity index (χ3n) is 3.32. The van der Waals surface area contributed by atoms with Gasteiger partial charge in [-0.05, 0) is 66.6 Å². The van der Waals surface area contributed by atoms with Crippen LogP contribution in [0.25, 0.3) is 0 Å². The number of anilines is 1. The fourth-order valence-corrected chi connectivity index (χ4v) is 2.62. The van der Waals surface area contributed by atoms with Crippen LogP contribution >= 0.6 is 22.6 Å². The average molecular weight is 358 g/mol. The van der Waals surface area contributed by atoms with Crippen LogP contribution < -0.4 is 10.6 Å². The van der Waals surface area contributed by atoms with Gasteiger partial charge in [-0.3, -0.25) is 4.79 Å². The standard InChI is InChI=1S/C14H19IN2O/c1-10(14(18)17-12-4-2-3-5-12)16-13-8-6-11(15)7-9-13/h6-10,12,16H,2-5H2,1H3,(H,17,18). The summed E-state index contributed by atoms with van der Waals surface area (Å²) in [7, 11) is 0. The van der Waals surface area contributed by atoms with Gasteiger partial charge in [-0.25, -0.2) is 0 Å². The van der Waals surface area contributed by atoms with E-state index < -0.39 is 0 Å². The molecule has 1 fully saturated rings. The van der Waals surface area contributed by atoms with Crippen LogP contribution in [-0.2, 0) is 4.79 Å². The van der Waals surface area contributed by atoms with Crippen LogP contribution in [0.4, 0.5) is 5.69 Å². The van der Waals surface area contributed by atoms with E-state index in [1.54, 1.807) is 0 Å². The van der Waals surface area contributed by atoms with E-state index in [0.29, 0.717) is 6.04 Å². The van der Waals surface area contributed by atoms with Crippen LogP contribution in [0.2, 0.25) is 0 Å². The van der Waals surface area contributed by atoms with Crippen molar-refractivity contribution < 1.29 is 4.79 Å². The minimum Gasteiger partial charge on any atom is -0.374 e. The summed E-state index contributed by atoms with van der Waals surface area (Å²) < 4.78 is 1.20. The molecule has 1 amide bonds. The van der Waals surface area contributed by atoms with Crippen LogP contribution in [0, 0.1) is 3.57 Å². The fraction of sp³-hybridized carbons (Fsp3) is 0.500. The first-order valence-electron chi connectivity index (χ1n) is 6.47.